The van der Waals surface area contributed by atoms with E-state index in [9.17, 15) is 5.11 Å². The first kappa shape index (κ1) is 14.1. The molecule has 0 radical (unpaired) electrons. The van der Waals surface area contributed by atoms with Crippen LogP contribution in [-0.4, -0.2) is 38.4 Å². The minimum atomic E-state index is 0.00343. The van der Waals surface area contributed by atoms with Crippen LogP contribution < -0.4 is 14.2 Å². The van der Waals surface area contributed by atoms with Crippen molar-refractivity contribution in [2.45, 2.75) is 5.92 Å². The van der Waals surface area contributed by atoms with Crippen molar-refractivity contribution < 1.29 is 19.3 Å². The van der Waals surface area contributed by atoms with Gasteiger partial charge in [-0.15, -0.1) is 0 Å². The highest BCUT2D eigenvalue weighted by Crippen LogP contribution is 2.40. The molecule has 0 saturated heterocycles. The third kappa shape index (κ3) is 3.04. The van der Waals surface area contributed by atoms with Crippen molar-refractivity contribution in [1.29, 1.82) is 0 Å². The molecule has 0 unspecified atom stereocenters. The van der Waals surface area contributed by atoms with Gasteiger partial charge in [-0.05, 0) is 17.7 Å². The molecule has 17 heavy (non-hydrogen) atoms. The Hall–Kier alpha value is -0.940. The predicted octanol–water partition coefficient (Wildman–Crippen LogP) is 2.18. The van der Waals surface area contributed by atoms with Gasteiger partial charge in [0.1, 0.15) is 0 Å². The van der Waals surface area contributed by atoms with Crippen molar-refractivity contribution in [3.8, 4) is 17.2 Å². The van der Waals surface area contributed by atoms with E-state index in [0.717, 1.165) is 5.56 Å². The van der Waals surface area contributed by atoms with Gasteiger partial charge in [0, 0.05) is 11.2 Å². The van der Waals surface area contributed by atoms with Gasteiger partial charge in [0.15, 0.2) is 11.5 Å². The van der Waals surface area contributed by atoms with E-state index in [1.165, 1.54) is 0 Å². The number of methoxy groups -OCH3 is 3. The van der Waals surface area contributed by atoms with Crippen LogP contribution in [0.25, 0.3) is 0 Å². The van der Waals surface area contributed by atoms with Crippen LogP contribution in [0.2, 0.25) is 0 Å². The van der Waals surface area contributed by atoms with Crippen molar-refractivity contribution in [3.05, 3.63) is 17.7 Å². The SMILES string of the molecule is COc1cc([C@H](CO)CBr)cc(OC)c1OC. The van der Waals surface area contributed by atoms with Gasteiger partial charge < -0.3 is 19.3 Å². The lowest BCUT2D eigenvalue weighted by molar-refractivity contribution is 0.274. The number of rotatable bonds is 6. The summed E-state index contributed by atoms with van der Waals surface area (Å²) in [7, 11) is 4.71. The molecule has 0 aliphatic heterocycles. The maximum absolute atomic E-state index is 9.29. The van der Waals surface area contributed by atoms with E-state index < -0.39 is 0 Å². The zero-order valence-electron chi connectivity index (χ0n) is 10.2. The minimum Gasteiger partial charge on any atom is -0.493 e. The molecule has 0 aromatic heterocycles. The number of ether oxygens (including phenoxy) is 3. The molecule has 0 bridgehead atoms. The summed E-state index contributed by atoms with van der Waals surface area (Å²) in [5.74, 6) is 1.76. The fourth-order valence-corrected chi connectivity index (χ4v) is 2.16. The Morgan fingerprint density at radius 3 is 1.94 bits per heavy atom. The molecule has 4 nitrogen and oxygen atoms in total. The molecule has 96 valence electrons. The van der Waals surface area contributed by atoms with Gasteiger partial charge in [-0.25, -0.2) is 0 Å². The minimum absolute atomic E-state index is 0.00343. The van der Waals surface area contributed by atoms with E-state index in [4.69, 9.17) is 14.2 Å². The lowest BCUT2D eigenvalue weighted by atomic mass is 10.0. The molecule has 1 aromatic carbocycles. The molecule has 1 aromatic rings. The summed E-state index contributed by atoms with van der Waals surface area (Å²) in [4.78, 5) is 0. The second-order valence-corrected chi connectivity index (χ2v) is 4.14. The van der Waals surface area contributed by atoms with Gasteiger partial charge >= 0.3 is 0 Å². The van der Waals surface area contributed by atoms with Crippen LogP contribution in [0.3, 0.4) is 0 Å². The standard InChI is InChI=1S/C12H17BrO4/c1-15-10-4-8(9(6-13)7-14)5-11(16-2)12(10)17-3/h4-5,9,14H,6-7H2,1-3H3/t9-/m0/s1. The molecule has 0 spiro atoms. The lowest BCUT2D eigenvalue weighted by Gasteiger charge is -2.17. The number of aliphatic hydroxyl groups excluding tert-OH is 1. The first-order valence-corrected chi connectivity index (χ1v) is 6.30. The first-order valence-electron chi connectivity index (χ1n) is 5.18. The van der Waals surface area contributed by atoms with Crippen LogP contribution in [0.5, 0.6) is 17.2 Å². The van der Waals surface area contributed by atoms with Crippen molar-refractivity contribution in [2.24, 2.45) is 0 Å². The van der Waals surface area contributed by atoms with Gasteiger partial charge in [0.2, 0.25) is 5.75 Å². The Balaban J connectivity index is 3.26. The number of hydrogen-bond acceptors (Lipinski definition) is 4. The molecule has 1 N–H and O–H groups in total. The van der Waals surface area contributed by atoms with Crippen molar-refractivity contribution in [3.63, 3.8) is 0 Å². The molecular weight excluding hydrogens is 288 g/mol. The van der Waals surface area contributed by atoms with Gasteiger partial charge in [-0.1, -0.05) is 15.9 Å². The Morgan fingerprint density at radius 1 is 1.12 bits per heavy atom. The van der Waals surface area contributed by atoms with Crippen LogP contribution in [-0.2, 0) is 0 Å². The largest absolute Gasteiger partial charge is 0.493 e. The zero-order valence-corrected chi connectivity index (χ0v) is 11.8. The van der Waals surface area contributed by atoms with E-state index >= 15 is 0 Å². The lowest BCUT2D eigenvalue weighted by Crippen LogP contribution is -2.07. The second kappa shape index (κ2) is 6.71. The highest BCUT2D eigenvalue weighted by Gasteiger charge is 2.17. The smallest absolute Gasteiger partial charge is 0.203 e. The normalized spacial score (nSPS) is 12.1. The molecule has 5 heteroatoms. The summed E-state index contributed by atoms with van der Waals surface area (Å²) in [5.41, 5.74) is 0.943. The van der Waals surface area contributed by atoms with E-state index in [1.54, 1.807) is 21.3 Å². The quantitative estimate of drug-likeness (QED) is 0.819. The molecule has 0 aliphatic rings. The molecule has 1 rings (SSSR count). The van der Waals surface area contributed by atoms with Gasteiger partial charge in [-0.3, -0.25) is 0 Å². The number of aliphatic hydroxyl groups is 1. The highest BCUT2D eigenvalue weighted by molar-refractivity contribution is 9.09. The highest BCUT2D eigenvalue weighted by atomic mass is 79.9. The van der Waals surface area contributed by atoms with Crippen LogP contribution in [0, 0.1) is 0 Å². The predicted molar refractivity (Wildman–Crippen MR) is 69.7 cm³/mol. The van der Waals surface area contributed by atoms with Crippen LogP contribution in [0.15, 0.2) is 12.1 Å². The molecule has 0 saturated carbocycles. The molecular formula is C12H17BrO4. The number of hydrogen-bond donors (Lipinski definition) is 1. The summed E-state index contributed by atoms with van der Waals surface area (Å²) in [5, 5.41) is 9.96. The fraction of sp³-hybridized carbons (Fsp3) is 0.500. The average molecular weight is 305 g/mol. The third-order valence-electron chi connectivity index (χ3n) is 2.57. The van der Waals surface area contributed by atoms with Crippen molar-refractivity contribution in [1.82, 2.24) is 0 Å². The van der Waals surface area contributed by atoms with E-state index in [0.29, 0.717) is 22.6 Å². The van der Waals surface area contributed by atoms with E-state index in [-0.39, 0.29) is 12.5 Å². The van der Waals surface area contributed by atoms with Crippen LogP contribution >= 0.6 is 15.9 Å². The molecule has 0 aliphatic carbocycles. The average Bonchev–Trinajstić information content (AvgIpc) is 2.38. The zero-order chi connectivity index (χ0) is 12.8. The third-order valence-corrected chi connectivity index (χ3v) is 3.35. The Bertz CT molecular complexity index is 339. The molecule has 0 heterocycles. The first-order chi connectivity index (χ1) is 8.21. The summed E-state index contributed by atoms with van der Waals surface area (Å²) in [6, 6.07) is 3.70. The van der Waals surface area contributed by atoms with E-state index in [2.05, 4.69) is 15.9 Å². The topological polar surface area (TPSA) is 47.9 Å². The summed E-state index contributed by atoms with van der Waals surface area (Å²) < 4.78 is 15.7. The Morgan fingerprint density at radius 2 is 1.65 bits per heavy atom. The summed E-state index contributed by atoms with van der Waals surface area (Å²) in [6.07, 6.45) is 0. The molecule has 0 fully saturated rings. The monoisotopic (exact) mass is 304 g/mol. The number of alkyl halides is 1. The Kier molecular flexibility index (Phi) is 5.58. The van der Waals surface area contributed by atoms with Crippen LogP contribution in [0.4, 0.5) is 0 Å². The van der Waals surface area contributed by atoms with Crippen LogP contribution in [0.1, 0.15) is 11.5 Å². The second-order valence-electron chi connectivity index (χ2n) is 3.49. The van der Waals surface area contributed by atoms with Crippen molar-refractivity contribution in [2.75, 3.05) is 33.3 Å². The number of benzene rings is 1. The maximum atomic E-state index is 9.29. The maximum Gasteiger partial charge on any atom is 0.203 e. The van der Waals surface area contributed by atoms with Gasteiger partial charge in [0.25, 0.3) is 0 Å². The number of halogens is 1. The molecule has 0 amide bonds. The van der Waals surface area contributed by atoms with Crippen molar-refractivity contribution >= 4 is 15.9 Å². The molecule has 1 atom stereocenters. The Labute approximate surface area is 110 Å². The van der Waals surface area contributed by atoms with Gasteiger partial charge in [0.05, 0.1) is 27.9 Å². The van der Waals surface area contributed by atoms with Gasteiger partial charge in [-0.2, -0.15) is 0 Å². The summed E-state index contributed by atoms with van der Waals surface area (Å²) >= 11 is 3.37. The fourth-order valence-electron chi connectivity index (χ4n) is 1.58. The summed E-state index contributed by atoms with van der Waals surface area (Å²) in [6.45, 7) is 0.0594. The van der Waals surface area contributed by atoms with E-state index in [1.807, 2.05) is 12.1 Å².